The molecule has 0 unspecified atom stereocenters. The zero-order valence-electron chi connectivity index (χ0n) is 16.6. The van der Waals surface area contributed by atoms with E-state index in [1.807, 2.05) is 18.7 Å². The Bertz CT molecular complexity index is 708. The summed E-state index contributed by atoms with van der Waals surface area (Å²) < 4.78 is 26.4. The number of hydrogen-bond acceptors (Lipinski definition) is 3. The van der Waals surface area contributed by atoms with E-state index >= 15 is 0 Å². The van der Waals surface area contributed by atoms with Crippen LogP contribution in [-0.2, 0) is 10.0 Å². The number of nitrogens with zero attached hydrogens (tertiary/aromatic N) is 2. The van der Waals surface area contributed by atoms with Crippen molar-refractivity contribution in [2.24, 2.45) is 5.92 Å². The number of hydrogen-bond donors (Lipinski definition) is 0. The Morgan fingerprint density at radius 3 is 2.08 bits per heavy atom. The summed E-state index contributed by atoms with van der Waals surface area (Å²) >= 11 is 0. The van der Waals surface area contributed by atoms with Gasteiger partial charge in [0.15, 0.2) is 0 Å². The lowest BCUT2D eigenvalue weighted by Gasteiger charge is -2.26. The van der Waals surface area contributed by atoms with Crippen LogP contribution in [0, 0.1) is 19.8 Å². The van der Waals surface area contributed by atoms with E-state index in [2.05, 4.69) is 13.8 Å². The quantitative estimate of drug-likeness (QED) is 0.706. The van der Waals surface area contributed by atoms with Gasteiger partial charge in [0.05, 0.1) is 4.90 Å². The number of carbonyl (C=O) groups is 1. The lowest BCUT2D eigenvalue weighted by molar-refractivity contribution is 0.0734. The second-order valence-corrected chi connectivity index (χ2v) is 8.85. The molecule has 0 radical (unpaired) electrons. The van der Waals surface area contributed by atoms with Crippen LogP contribution in [0.2, 0.25) is 0 Å². The van der Waals surface area contributed by atoms with Gasteiger partial charge < -0.3 is 4.90 Å². The van der Waals surface area contributed by atoms with Crippen molar-refractivity contribution in [2.75, 3.05) is 27.2 Å². The van der Waals surface area contributed by atoms with Gasteiger partial charge in [-0.15, -0.1) is 0 Å². The van der Waals surface area contributed by atoms with Crippen molar-refractivity contribution in [3.8, 4) is 0 Å². The van der Waals surface area contributed by atoms with Gasteiger partial charge >= 0.3 is 0 Å². The number of sulfonamides is 1. The van der Waals surface area contributed by atoms with Crippen LogP contribution in [0.5, 0.6) is 0 Å². The van der Waals surface area contributed by atoms with Crippen LogP contribution in [-0.4, -0.2) is 50.7 Å². The van der Waals surface area contributed by atoms with Crippen LogP contribution in [0.3, 0.4) is 0 Å². The summed E-state index contributed by atoms with van der Waals surface area (Å²) in [5, 5.41) is 0. The molecular formula is C19H32N2O3S. The lowest BCUT2D eigenvalue weighted by Crippen LogP contribution is -2.35. The minimum absolute atomic E-state index is 0.104. The van der Waals surface area contributed by atoms with Crippen molar-refractivity contribution in [3.05, 3.63) is 28.8 Å². The Hall–Kier alpha value is -1.40. The van der Waals surface area contributed by atoms with Crippen LogP contribution in [0.1, 0.15) is 55.1 Å². The number of benzene rings is 1. The lowest BCUT2D eigenvalue weighted by atomic mass is 10.0. The molecule has 0 spiro atoms. The maximum absolute atomic E-state index is 13.0. The highest BCUT2D eigenvalue weighted by Gasteiger charge is 2.25. The predicted molar refractivity (Wildman–Crippen MR) is 102 cm³/mol. The number of aryl methyl sites for hydroxylation is 1. The van der Waals surface area contributed by atoms with E-state index in [1.54, 1.807) is 13.0 Å². The van der Waals surface area contributed by atoms with E-state index in [4.69, 9.17) is 0 Å². The van der Waals surface area contributed by atoms with E-state index in [0.717, 1.165) is 18.4 Å². The SMILES string of the molecule is CCC(CC)CN(CC)C(=O)c1cc(C)c(C)c(S(=O)(=O)N(C)C)c1. The Morgan fingerprint density at radius 2 is 1.64 bits per heavy atom. The second kappa shape index (κ2) is 8.81. The average molecular weight is 369 g/mol. The molecule has 0 atom stereocenters. The molecule has 1 amide bonds. The average Bonchev–Trinajstić information content (AvgIpc) is 2.57. The summed E-state index contributed by atoms with van der Waals surface area (Å²) in [6, 6.07) is 3.32. The fourth-order valence-corrected chi connectivity index (χ4v) is 4.03. The topological polar surface area (TPSA) is 57.7 Å². The second-order valence-electron chi connectivity index (χ2n) is 6.73. The molecule has 0 bridgehead atoms. The van der Waals surface area contributed by atoms with Gasteiger partial charge in [0, 0.05) is 32.7 Å². The molecule has 0 heterocycles. The maximum Gasteiger partial charge on any atom is 0.253 e. The molecule has 25 heavy (non-hydrogen) atoms. The molecule has 0 aromatic heterocycles. The minimum Gasteiger partial charge on any atom is -0.339 e. The summed E-state index contributed by atoms with van der Waals surface area (Å²) in [5.74, 6) is 0.355. The molecule has 0 N–H and O–H groups in total. The predicted octanol–water partition coefficient (Wildman–Crippen LogP) is 3.45. The van der Waals surface area contributed by atoms with Crippen LogP contribution in [0.15, 0.2) is 17.0 Å². The Kier molecular flexibility index (Phi) is 7.62. The highest BCUT2D eigenvalue weighted by molar-refractivity contribution is 7.89. The van der Waals surface area contributed by atoms with E-state index in [0.29, 0.717) is 30.1 Å². The van der Waals surface area contributed by atoms with Gasteiger partial charge in [-0.1, -0.05) is 26.7 Å². The van der Waals surface area contributed by atoms with Crippen LogP contribution in [0.25, 0.3) is 0 Å². The first kappa shape index (κ1) is 21.6. The molecule has 1 rings (SSSR count). The Morgan fingerprint density at radius 1 is 1.08 bits per heavy atom. The monoisotopic (exact) mass is 368 g/mol. The largest absolute Gasteiger partial charge is 0.339 e. The molecule has 0 aliphatic heterocycles. The van der Waals surface area contributed by atoms with Crippen LogP contribution >= 0.6 is 0 Å². The van der Waals surface area contributed by atoms with E-state index < -0.39 is 10.0 Å². The molecule has 0 saturated heterocycles. The number of amides is 1. The fourth-order valence-electron chi connectivity index (χ4n) is 2.81. The molecule has 5 nitrogen and oxygen atoms in total. The van der Waals surface area contributed by atoms with E-state index in [-0.39, 0.29) is 10.8 Å². The number of carbonyl (C=O) groups excluding carboxylic acids is 1. The Balaban J connectivity index is 3.33. The van der Waals surface area contributed by atoms with Gasteiger partial charge in [-0.3, -0.25) is 4.79 Å². The first-order valence-electron chi connectivity index (χ1n) is 8.93. The molecule has 0 aliphatic carbocycles. The van der Waals surface area contributed by atoms with Crippen molar-refractivity contribution in [2.45, 2.75) is 52.4 Å². The third kappa shape index (κ3) is 4.82. The van der Waals surface area contributed by atoms with E-state index in [9.17, 15) is 13.2 Å². The summed E-state index contributed by atoms with van der Waals surface area (Å²) in [4.78, 5) is 15.0. The van der Waals surface area contributed by atoms with Crippen LogP contribution < -0.4 is 0 Å². The van der Waals surface area contributed by atoms with Crippen molar-refractivity contribution >= 4 is 15.9 Å². The highest BCUT2D eigenvalue weighted by Crippen LogP contribution is 2.24. The molecule has 0 fully saturated rings. The van der Waals surface area contributed by atoms with E-state index in [1.165, 1.54) is 24.5 Å². The zero-order chi connectivity index (χ0) is 19.4. The van der Waals surface area contributed by atoms with Crippen molar-refractivity contribution in [1.82, 2.24) is 9.21 Å². The van der Waals surface area contributed by atoms with Gasteiger partial charge in [0.1, 0.15) is 0 Å². The first-order valence-corrected chi connectivity index (χ1v) is 10.4. The molecule has 142 valence electrons. The summed E-state index contributed by atoms with van der Waals surface area (Å²) in [6.45, 7) is 11.1. The third-order valence-electron chi connectivity index (χ3n) is 4.93. The smallest absolute Gasteiger partial charge is 0.253 e. The van der Waals surface area contributed by atoms with Crippen molar-refractivity contribution < 1.29 is 13.2 Å². The van der Waals surface area contributed by atoms with Crippen molar-refractivity contribution in [1.29, 1.82) is 0 Å². The van der Waals surface area contributed by atoms with Crippen molar-refractivity contribution in [3.63, 3.8) is 0 Å². The molecule has 1 aromatic rings. The minimum atomic E-state index is -3.59. The summed E-state index contributed by atoms with van der Waals surface area (Å²) in [5.41, 5.74) is 1.94. The van der Waals surface area contributed by atoms with Gasteiger partial charge in [0.25, 0.3) is 5.91 Å². The maximum atomic E-state index is 13.0. The Labute approximate surface area is 153 Å². The van der Waals surface area contributed by atoms with Gasteiger partial charge in [0.2, 0.25) is 10.0 Å². The van der Waals surface area contributed by atoms with Crippen LogP contribution in [0.4, 0.5) is 0 Å². The molecule has 1 aromatic carbocycles. The summed E-state index contributed by atoms with van der Waals surface area (Å²) in [6.07, 6.45) is 2.04. The normalized spacial score (nSPS) is 12.0. The molecular weight excluding hydrogens is 336 g/mol. The molecule has 0 saturated carbocycles. The third-order valence-corrected chi connectivity index (χ3v) is 6.87. The standard InChI is InChI=1S/C19H32N2O3S/c1-8-16(9-2)13-21(10-3)19(22)17-11-14(4)15(5)18(12-17)25(23,24)20(6)7/h11-12,16H,8-10,13H2,1-7H3. The first-order chi connectivity index (χ1) is 11.6. The van der Waals surface area contributed by atoms with Gasteiger partial charge in [-0.05, 0) is 49.9 Å². The fraction of sp³-hybridized carbons (Fsp3) is 0.632. The van der Waals surface area contributed by atoms with Gasteiger partial charge in [-0.2, -0.15) is 0 Å². The highest BCUT2D eigenvalue weighted by atomic mass is 32.2. The number of rotatable bonds is 8. The van der Waals surface area contributed by atoms with Gasteiger partial charge in [-0.25, -0.2) is 12.7 Å². The summed E-state index contributed by atoms with van der Waals surface area (Å²) in [7, 11) is -0.580. The molecule has 0 aliphatic rings. The molecule has 6 heteroatoms. The zero-order valence-corrected chi connectivity index (χ0v) is 17.4.